The number of hydrogen-bond acceptors (Lipinski definition) is 5. The minimum atomic E-state index is -0.283. The van der Waals surface area contributed by atoms with Crippen LogP contribution < -0.4 is 5.32 Å². The highest BCUT2D eigenvalue weighted by atomic mass is 35.5. The molecule has 0 unspecified atom stereocenters. The lowest BCUT2D eigenvalue weighted by atomic mass is 10.1. The first-order chi connectivity index (χ1) is 8.58. The van der Waals surface area contributed by atoms with Crippen LogP contribution in [0.2, 0.25) is 4.34 Å². The third-order valence-corrected chi connectivity index (χ3v) is 3.95. The van der Waals surface area contributed by atoms with E-state index < -0.39 is 0 Å². The standard InChI is InChI=1S/C11H12ClN3O2S/c1-6(8-3-4-9(12)18-8)11(16)14-7(2)10-13-5-17-15-10/h3-7H,1-2H3,(H,14,16)/t6-,7-/m1/s1. The lowest BCUT2D eigenvalue weighted by molar-refractivity contribution is -0.122. The molecule has 2 heterocycles. The number of aromatic nitrogens is 2. The van der Waals surface area contributed by atoms with Gasteiger partial charge in [-0.2, -0.15) is 4.98 Å². The second-order valence-electron chi connectivity index (χ2n) is 3.88. The van der Waals surface area contributed by atoms with Crippen molar-refractivity contribution < 1.29 is 9.32 Å². The summed E-state index contributed by atoms with van der Waals surface area (Å²) in [6.45, 7) is 3.64. The zero-order valence-electron chi connectivity index (χ0n) is 9.88. The molecule has 7 heteroatoms. The number of hydrogen-bond donors (Lipinski definition) is 1. The van der Waals surface area contributed by atoms with E-state index in [2.05, 4.69) is 20.0 Å². The fourth-order valence-electron chi connectivity index (χ4n) is 1.46. The van der Waals surface area contributed by atoms with Crippen molar-refractivity contribution in [1.82, 2.24) is 15.5 Å². The van der Waals surface area contributed by atoms with E-state index >= 15 is 0 Å². The summed E-state index contributed by atoms with van der Waals surface area (Å²) in [5.41, 5.74) is 0. The first-order valence-corrected chi connectivity index (χ1v) is 6.59. The van der Waals surface area contributed by atoms with Gasteiger partial charge in [-0.1, -0.05) is 16.8 Å². The fourth-order valence-corrected chi connectivity index (χ4v) is 2.57. The number of nitrogens with zero attached hydrogens (tertiary/aromatic N) is 2. The second-order valence-corrected chi connectivity index (χ2v) is 5.63. The highest BCUT2D eigenvalue weighted by Gasteiger charge is 2.20. The second kappa shape index (κ2) is 5.49. The Hall–Kier alpha value is -1.40. The van der Waals surface area contributed by atoms with E-state index in [0.29, 0.717) is 10.2 Å². The third kappa shape index (κ3) is 2.88. The van der Waals surface area contributed by atoms with E-state index in [4.69, 9.17) is 11.6 Å². The molecule has 0 saturated carbocycles. The van der Waals surface area contributed by atoms with Crippen LogP contribution in [0.15, 0.2) is 23.0 Å². The number of rotatable bonds is 4. The van der Waals surface area contributed by atoms with Gasteiger partial charge < -0.3 is 9.84 Å². The zero-order chi connectivity index (χ0) is 13.1. The van der Waals surface area contributed by atoms with Crippen molar-refractivity contribution in [2.24, 2.45) is 0 Å². The van der Waals surface area contributed by atoms with Crippen LogP contribution >= 0.6 is 22.9 Å². The topological polar surface area (TPSA) is 68.0 Å². The van der Waals surface area contributed by atoms with Gasteiger partial charge in [-0.25, -0.2) is 0 Å². The Balaban J connectivity index is 1.99. The van der Waals surface area contributed by atoms with Crippen molar-refractivity contribution >= 4 is 28.8 Å². The Bertz CT molecular complexity index is 526. The van der Waals surface area contributed by atoms with Crippen molar-refractivity contribution in [1.29, 1.82) is 0 Å². The number of carbonyl (C=O) groups excluding carboxylic acids is 1. The van der Waals surface area contributed by atoms with Crippen LogP contribution in [0.25, 0.3) is 0 Å². The van der Waals surface area contributed by atoms with Crippen molar-refractivity contribution in [2.45, 2.75) is 25.8 Å². The Kier molecular flexibility index (Phi) is 3.98. The van der Waals surface area contributed by atoms with Gasteiger partial charge in [0.1, 0.15) is 0 Å². The summed E-state index contributed by atoms with van der Waals surface area (Å²) >= 11 is 7.25. The molecule has 0 aromatic carbocycles. The van der Waals surface area contributed by atoms with Gasteiger partial charge in [0.25, 0.3) is 0 Å². The molecule has 18 heavy (non-hydrogen) atoms. The molecule has 0 aliphatic rings. The largest absolute Gasteiger partial charge is 0.346 e. The molecule has 96 valence electrons. The molecule has 2 aromatic rings. The molecule has 0 spiro atoms. The summed E-state index contributed by atoms with van der Waals surface area (Å²) in [6, 6.07) is 3.36. The Morgan fingerprint density at radius 2 is 2.28 bits per heavy atom. The van der Waals surface area contributed by atoms with Crippen molar-refractivity contribution in [3.8, 4) is 0 Å². The van der Waals surface area contributed by atoms with Gasteiger partial charge >= 0.3 is 0 Å². The first kappa shape index (κ1) is 13.0. The van der Waals surface area contributed by atoms with Crippen LogP contribution in [0.1, 0.15) is 36.5 Å². The SMILES string of the molecule is C[C@@H](NC(=O)[C@H](C)c1ccc(Cl)s1)c1ncon1. The summed E-state index contributed by atoms with van der Waals surface area (Å²) in [5, 5.41) is 6.52. The zero-order valence-corrected chi connectivity index (χ0v) is 11.5. The van der Waals surface area contributed by atoms with Crippen LogP contribution in [0.5, 0.6) is 0 Å². The smallest absolute Gasteiger partial charge is 0.228 e. The molecular weight excluding hydrogens is 274 g/mol. The Labute approximate surface area is 113 Å². The molecule has 2 rings (SSSR count). The molecule has 0 fully saturated rings. The average molecular weight is 286 g/mol. The summed E-state index contributed by atoms with van der Waals surface area (Å²) < 4.78 is 5.31. The van der Waals surface area contributed by atoms with Crippen LogP contribution in [-0.4, -0.2) is 16.0 Å². The van der Waals surface area contributed by atoms with Gasteiger partial charge in [0.15, 0.2) is 5.82 Å². The van der Waals surface area contributed by atoms with E-state index in [1.54, 1.807) is 13.0 Å². The van der Waals surface area contributed by atoms with Crippen molar-refractivity contribution in [3.63, 3.8) is 0 Å². The number of nitrogens with one attached hydrogen (secondary N) is 1. The first-order valence-electron chi connectivity index (χ1n) is 5.40. The normalized spacial score (nSPS) is 14.2. The predicted molar refractivity (Wildman–Crippen MR) is 68.6 cm³/mol. The fraction of sp³-hybridized carbons (Fsp3) is 0.364. The average Bonchev–Trinajstić information content (AvgIpc) is 2.98. The molecule has 5 nitrogen and oxygen atoms in total. The maximum atomic E-state index is 12.0. The molecular formula is C11H12ClN3O2S. The lowest BCUT2D eigenvalue weighted by Gasteiger charge is -2.14. The minimum absolute atomic E-state index is 0.0918. The molecule has 0 aliphatic heterocycles. The quantitative estimate of drug-likeness (QED) is 0.938. The van der Waals surface area contributed by atoms with Crippen molar-refractivity contribution in [2.75, 3.05) is 0 Å². The van der Waals surface area contributed by atoms with Gasteiger partial charge in [0.2, 0.25) is 12.3 Å². The summed E-state index contributed by atoms with van der Waals surface area (Å²) in [7, 11) is 0. The van der Waals surface area contributed by atoms with E-state index in [1.807, 2.05) is 13.0 Å². The summed E-state index contributed by atoms with van der Waals surface area (Å²) in [6.07, 6.45) is 1.24. The number of thiophene rings is 1. The molecule has 0 radical (unpaired) electrons. The van der Waals surface area contributed by atoms with E-state index in [9.17, 15) is 4.79 Å². The molecule has 0 bridgehead atoms. The maximum absolute atomic E-state index is 12.0. The highest BCUT2D eigenvalue weighted by Crippen LogP contribution is 2.28. The van der Waals surface area contributed by atoms with E-state index in [1.165, 1.54) is 17.7 Å². The Morgan fingerprint density at radius 3 is 2.83 bits per heavy atom. The number of amides is 1. The minimum Gasteiger partial charge on any atom is -0.346 e. The molecule has 2 aromatic heterocycles. The van der Waals surface area contributed by atoms with Gasteiger partial charge in [0, 0.05) is 4.88 Å². The van der Waals surface area contributed by atoms with Crippen molar-refractivity contribution in [3.05, 3.63) is 33.6 Å². The van der Waals surface area contributed by atoms with Gasteiger partial charge in [-0.15, -0.1) is 11.3 Å². The predicted octanol–water partition coefficient (Wildman–Crippen LogP) is 2.77. The van der Waals surface area contributed by atoms with Crippen LogP contribution in [0.4, 0.5) is 0 Å². The van der Waals surface area contributed by atoms with Crippen LogP contribution in [0, 0.1) is 0 Å². The molecule has 1 amide bonds. The summed E-state index contributed by atoms with van der Waals surface area (Å²) in [5.74, 6) is 0.113. The molecule has 0 aliphatic carbocycles. The maximum Gasteiger partial charge on any atom is 0.228 e. The Morgan fingerprint density at radius 1 is 1.50 bits per heavy atom. The monoisotopic (exact) mass is 285 g/mol. The number of halogens is 1. The van der Waals surface area contributed by atoms with Crippen LogP contribution in [0.3, 0.4) is 0 Å². The van der Waals surface area contributed by atoms with Gasteiger partial charge in [0.05, 0.1) is 16.3 Å². The third-order valence-electron chi connectivity index (χ3n) is 2.54. The lowest BCUT2D eigenvalue weighted by Crippen LogP contribution is -2.30. The van der Waals surface area contributed by atoms with Gasteiger partial charge in [-0.3, -0.25) is 4.79 Å². The molecule has 0 saturated heterocycles. The number of carbonyl (C=O) groups is 1. The van der Waals surface area contributed by atoms with Crippen LogP contribution in [-0.2, 0) is 4.79 Å². The summed E-state index contributed by atoms with van der Waals surface area (Å²) in [4.78, 5) is 16.8. The highest BCUT2D eigenvalue weighted by molar-refractivity contribution is 7.16. The van der Waals surface area contributed by atoms with E-state index in [0.717, 1.165) is 4.88 Å². The van der Waals surface area contributed by atoms with Gasteiger partial charge in [-0.05, 0) is 26.0 Å². The van der Waals surface area contributed by atoms with E-state index in [-0.39, 0.29) is 17.9 Å². The molecule has 1 N–H and O–H groups in total. The molecule has 2 atom stereocenters.